The molecule has 0 unspecified atom stereocenters. The van der Waals surface area contributed by atoms with Gasteiger partial charge in [-0.3, -0.25) is 19.2 Å². The second-order valence-corrected chi connectivity index (χ2v) is 8.57. The van der Waals surface area contributed by atoms with E-state index in [1.165, 1.54) is 0 Å². The van der Waals surface area contributed by atoms with Crippen molar-refractivity contribution in [1.29, 1.82) is 0 Å². The Morgan fingerprint density at radius 3 is 2.47 bits per heavy atom. The number of hydrogen-bond acceptors (Lipinski definition) is 5. The molecular formula is C21H29ClN6OS. The molecule has 1 aliphatic heterocycles. The van der Waals surface area contributed by atoms with Gasteiger partial charge in [-0.25, -0.2) is 4.68 Å². The summed E-state index contributed by atoms with van der Waals surface area (Å²) < 4.78 is 4.51. The number of carbonyl (C=O) groups excluding carboxylic acids is 1. The number of carbonyl (C=O) groups is 1. The maximum Gasteiger partial charge on any atom is 0.234 e. The highest BCUT2D eigenvalue weighted by Crippen LogP contribution is 2.21. The standard InChI is InChI=1S/C21H29ClN6OS/c1-4-9-27-20(17-5-7-18(22)8-6-17)24-28(21(27)30)15-26-12-10-25(11-13-26)14-19(29)23-16(2)3/h4-8,16H,1,9-15H2,2-3H3,(H,23,29). The molecule has 1 aliphatic rings. The molecule has 7 nitrogen and oxygen atoms in total. The lowest BCUT2D eigenvalue weighted by molar-refractivity contribution is -0.123. The average molecular weight is 449 g/mol. The first-order chi connectivity index (χ1) is 14.4. The van der Waals surface area contributed by atoms with Crippen molar-refractivity contribution in [2.45, 2.75) is 33.1 Å². The SMILES string of the molecule is C=CCn1c(-c2ccc(Cl)cc2)nn(CN2CCN(CC(=O)NC(C)C)CC2)c1=S. The van der Waals surface area contributed by atoms with Gasteiger partial charge in [-0.05, 0) is 50.3 Å². The molecule has 0 aliphatic carbocycles. The summed E-state index contributed by atoms with van der Waals surface area (Å²) in [4.78, 5) is 16.5. The molecule has 0 saturated carbocycles. The van der Waals surface area contributed by atoms with Crippen molar-refractivity contribution < 1.29 is 4.79 Å². The Labute approximate surface area is 187 Å². The summed E-state index contributed by atoms with van der Waals surface area (Å²) in [5.41, 5.74) is 0.965. The van der Waals surface area contributed by atoms with E-state index >= 15 is 0 Å². The van der Waals surface area contributed by atoms with Gasteiger partial charge in [0.25, 0.3) is 0 Å². The van der Waals surface area contributed by atoms with E-state index in [4.69, 9.17) is 28.9 Å². The van der Waals surface area contributed by atoms with Crippen molar-refractivity contribution in [1.82, 2.24) is 29.5 Å². The summed E-state index contributed by atoms with van der Waals surface area (Å²) in [5.74, 6) is 0.886. The lowest BCUT2D eigenvalue weighted by Gasteiger charge is -2.34. The van der Waals surface area contributed by atoms with E-state index in [1.54, 1.807) is 0 Å². The number of amides is 1. The van der Waals surface area contributed by atoms with Crippen LogP contribution in [0, 0.1) is 4.77 Å². The van der Waals surface area contributed by atoms with E-state index in [0.29, 0.717) is 29.6 Å². The van der Waals surface area contributed by atoms with Crippen LogP contribution in [0.5, 0.6) is 0 Å². The molecule has 1 saturated heterocycles. The lowest BCUT2D eigenvalue weighted by Crippen LogP contribution is -2.50. The highest BCUT2D eigenvalue weighted by molar-refractivity contribution is 7.71. The zero-order chi connectivity index (χ0) is 21.7. The maximum atomic E-state index is 12.0. The average Bonchev–Trinajstić information content (AvgIpc) is 2.99. The molecule has 0 bridgehead atoms. The molecule has 9 heteroatoms. The second-order valence-electron chi connectivity index (χ2n) is 7.77. The third-order valence-corrected chi connectivity index (χ3v) is 5.64. The number of benzene rings is 1. The van der Waals surface area contributed by atoms with Crippen LogP contribution < -0.4 is 5.32 Å². The molecule has 1 amide bonds. The third-order valence-electron chi connectivity index (χ3n) is 4.95. The molecule has 1 aromatic heterocycles. The molecule has 30 heavy (non-hydrogen) atoms. The minimum atomic E-state index is 0.0800. The van der Waals surface area contributed by atoms with Crippen molar-refractivity contribution in [3.8, 4) is 11.4 Å². The Hall–Kier alpha value is -2.00. The number of hydrogen-bond donors (Lipinski definition) is 1. The monoisotopic (exact) mass is 448 g/mol. The molecule has 0 atom stereocenters. The van der Waals surface area contributed by atoms with Crippen LogP contribution in [0.3, 0.4) is 0 Å². The lowest BCUT2D eigenvalue weighted by atomic mass is 10.2. The first-order valence-corrected chi connectivity index (χ1v) is 10.9. The largest absolute Gasteiger partial charge is 0.353 e. The fraction of sp³-hybridized carbons (Fsp3) is 0.476. The van der Waals surface area contributed by atoms with Crippen molar-refractivity contribution in [2.75, 3.05) is 32.7 Å². The number of nitrogens with one attached hydrogen (secondary N) is 1. The van der Waals surface area contributed by atoms with E-state index in [0.717, 1.165) is 37.6 Å². The number of allylic oxidation sites excluding steroid dienone is 1. The minimum absolute atomic E-state index is 0.0800. The summed E-state index contributed by atoms with van der Waals surface area (Å²) >= 11 is 11.7. The van der Waals surface area contributed by atoms with Crippen LogP contribution in [-0.2, 0) is 18.0 Å². The van der Waals surface area contributed by atoms with Crippen LogP contribution in [0.1, 0.15) is 13.8 Å². The summed E-state index contributed by atoms with van der Waals surface area (Å²) in [6, 6.07) is 7.77. The number of halogens is 1. The fourth-order valence-electron chi connectivity index (χ4n) is 3.49. The fourth-order valence-corrected chi connectivity index (χ4v) is 3.87. The van der Waals surface area contributed by atoms with Gasteiger partial charge in [-0.1, -0.05) is 17.7 Å². The molecule has 162 valence electrons. The molecule has 3 rings (SSSR count). The molecule has 1 fully saturated rings. The second kappa shape index (κ2) is 10.3. The summed E-state index contributed by atoms with van der Waals surface area (Å²) in [7, 11) is 0. The number of aromatic nitrogens is 3. The van der Waals surface area contributed by atoms with Crippen molar-refractivity contribution >= 4 is 29.7 Å². The smallest absolute Gasteiger partial charge is 0.234 e. The minimum Gasteiger partial charge on any atom is -0.353 e. The highest BCUT2D eigenvalue weighted by Gasteiger charge is 2.21. The Kier molecular flexibility index (Phi) is 7.82. The maximum absolute atomic E-state index is 12.0. The first-order valence-electron chi connectivity index (χ1n) is 10.2. The van der Waals surface area contributed by atoms with Gasteiger partial charge in [-0.15, -0.1) is 6.58 Å². The quantitative estimate of drug-likeness (QED) is 0.497. The number of piperazine rings is 1. The van der Waals surface area contributed by atoms with Crippen molar-refractivity contribution in [2.24, 2.45) is 0 Å². The van der Waals surface area contributed by atoms with Gasteiger partial charge in [0.1, 0.15) is 0 Å². The van der Waals surface area contributed by atoms with Gasteiger partial charge < -0.3 is 5.32 Å². The van der Waals surface area contributed by atoms with E-state index < -0.39 is 0 Å². The van der Waals surface area contributed by atoms with E-state index in [-0.39, 0.29) is 11.9 Å². The van der Waals surface area contributed by atoms with Crippen LogP contribution in [-0.4, -0.2) is 68.8 Å². The van der Waals surface area contributed by atoms with Gasteiger partial charge in [0.2, 0.25) is 5.91 Å². The molecule has 1 N–H and O–H groups in total. The zero-order valence-corrected chi connectivity index (χ0v) is 19.1. The van der Waals surface area contributed by atoms with Crippen LogP contribution in [0.2, 0.25) is 5.02 Å². The Balaban J connectivity index is 1.67. The topological polar surface area (TPSA) is 58.3 Å². The summed E-state index contributed by atoms with van der Waals surface area (Å²) in [6.07, 6.45) is 1.82. The highest BCUT2D eigenvalue weighted by atomic mass is 35.5. The summed E-state index contributed by atoms with van der Waals surface area (Å²) in [6.45, 7) is 12.9. The van der Waals surface area contributed by atoms with E-state index in [1.807, 2.05) is 53.4 Å². The normalized spacial score (nSPS) is 15.5. The van der Waals surface area contributed by atoms with Crippen LogP contribution >= 0.6 is 23.8 Å². The summed E-state index contributed by atoms with van der Waals surface area (Å²) in [5, 5.41) is 8.42. The van der Waals surface area contributed by atoms with Crippen LogP contribution in [0.25, 0.3) is 11.4 Å². The predicted molar refractivity (Wildman–Crippen MR) is 123 cm³/mol. The van der Waals surface area contributed by atoms with E-state index in [9.17, 15) is 4.79 Å². The van der Waals surface area contributed by atoms with E-state index in [2.05, 4.69) is 21.7 Å². The Morgan fingerprint density at radius 1 is 1.23 bits per heavy atom. The first kappa shape index (κ1) is 22.7. The third kappa shape index (κ3) is 5.78. The van der Waals surface area contributed by atoms with Crippen molar-refractivity contribution in [3.05, 3.63) is 46.7 Å². The van der Waals surface area contributed by atoms with Crippen LogP contribution in [0.4, 0.5) is 0 Å². The number of rotatable bonds is 8. The van der Waals surface area contributed by atoms with Crippen LogP contribution in [0.15, 0.2) is 36.9 Å². The van der Waals surface area contributed by atoms with Crippen molar-refractivity contribution in [3.63, 3.8) is 0 Å². The predicted octanol–water partition coefficient (Wildman–Crippen LogP) is 3.02. The molecule has 2 heterocycles. The van der Waals surface area contributed by atoms with Gasteiger partial charge in [-0.2, -0.15) is 5.10 Å². The molecule has 1 aromatic carbocycles. The van der Waals surface area contributed by atoms with Gasteiger partial charge in [0.15, 0.2) is 10.6 Å². The Morgan fingerprint density at radius 2 is 1.87 bits per heavy atom. The van der Waals surface area contributed by atoms with Gasteiger partial charge in [0, 0.05) is 49.4 Å². The molecule has 0 radical (unpaired) electrons. The van der Waals surface area contributed by atoms with Gasteiger partial charge in [0.05, 0.1) is 13.2 Å². The molecule has 2 aromatic rings. The number of nitrogens with zero attached hydrogens (tertiary/aromatic N) is 5. The van der Waals surface area contributed by atoms with Gasteiger partial charge >= 0.3 is 0 Å². The molecular weight excluding hydrogens is 420 g/mol. The molecule has 0 spiro atoms. The Bertz CT molecular complexity index is 928. The zero-order valence-electron chi connectivity index (χ0n) is 17.6.